The average molecular weight is 311 g/mol. The second-order valence-electron chi connectivity index (χ2n) is 3.94. The van der Waals surface area contributed by atoms with Gasteiger partial charge in [-0.15, -0.1) is 0 Å². The maximum Gasteiger partial charge on any atom is 0.266 e. The minimum atomic E-state index is -3.02. The zero-order chi connectivity index (χ0) is 14.9. The Balaban J connectivity index is 4.39. The largest absolute Gasteiger partial charge is 0.368 e. The molecule has 9 heteroatoms. The molecule has 0 heterocycles. The summed E-state index contributed by atoms with van der Waals surface area (Å²) in [6, 6.07) is -0.758. The third-order valence-corrected chi connectivity index (χ3v) is 6.81. The van der Waals surface area contributed by atoms with E-state index in [1.807, 2.05) is 0 Å². The number of nitrogens with two attached hydrogens (primary N) is 2. The van der Waals surface area contributed by atoms with Gasteiger partial charge in [0.25, 0.3) is 6.57 Å². The first-order valence-electron chi connectivity index (χ1n) is 5.87. The van der Waals surface area contributed by atoms with Crippen molar-refractivity contribution >= 4 is 29.8 Å². The van der Waals surface area contributed by atoms with Gasteiger partial charge in [-0.25, -0.2) is 0 Å². The Labute approximate surface area is 117 Å². The fourth-order valence-electron chi connectivity index (χ4n) is 1.40. The van der Waals surface area contributed by atoms with Crippen molar-refractivity contribution in [2.24, 2.45) is 11.5 Å². The molecular formula is C10H22N3O4PS. The lowest BCUT2D eigenvalue weighted by atomic mass is 10.1. The van der Waals surface area contributed by atoms with E-state index in [2.05, 4.69) is 5.32 Å². The molecule has 0 aliphatic heterocycles. The first-order chi connectivity index (χ1) is 8.88. The second-order valence-corrected chi connectivity index (χ2v) is 8.97. The molecule has 0 bridgehead atoms. The minimum Gasteiger partial charge on any atom is -0.368 e. The summed E-state index contributed by atoms with van der Waals surface area (Å²) in [5.74, 6) is -1.11. The fourth-order valence-corrected chi connectivity index (χ4v) is 3.43. The molecule has 1 unspecified atom stereocenters. The van der Waals surface area contributed by atoms with E-state index in [-0.39, 0.29) is 6.16 Å². The topological polar surface area (TPSA) is 125 Å². The van der Waals surface area contributed by atoms with Gasteiger partial charge in [-0.2, -0.15) is 0 Å². The highest BCUT2D eigenvalue weighted by atomic mass is 32.7. The molecule has 0 spiro atoms. The van der Waals surface area contributed by atoms with E-state index in [0.717, 1.165) is 17.8 Å². The summed E-state index contributed by atoms with van der Waals surface area (Å²) in [5.41, 5.74) is 10.6. The zero-order valence-corrected chi connectivity index (χ0v) is 13.0. The van der Waals surface area contributed by atoms with Crippen LogP contribution in [0.4, 0.5) is 0 Å². The standard InChI is InChI=1S/C10H22N3O4PS/c1-17-18(16,19-2)7-9(14)13-8(10(12)15)5-3-4-6-11/h8H,3-7,11H2,1-2H3,(H2,12,15)(H,13,14)/t8-,18?/m0/s1. The average Bonchev–Trinajstić information content (AvgIpc) is 2.37. The molecule has 0 aliphatic rings. The van der Waals surface area contributed by atoms with E-state index in [4.69, 9.17) is 16.0 Å². The van der Waals surface area contributed by atoms with E-state index in [1.54, 1.807) is 6.26 Å². The van der Waals surface area contributed by atoms with Crippen LogP contribution in [0.1, 0.15) is 19.3 Å². The summed E-state index contributed by atoms with van der Waals surface area (Å²) in [5, 5.41) is 2.48. The van der Waals surface area contributed by atoms with Crippen LogP contribution >= 0.6 is 18.0 Å². The fraction of sp³-hybridized carbons (Fsp3) is 0.800. The van der Waals surface area contributed by atoms with Crippen LogP contribution < -0.4 is 16.8 Å². The lowest BCUT2D eigenvalue weighted by Crippen LogP contribution is -2.45. The van der Waals surface area contributed by atoms with Gasteiger partial charge in [0.15, 0.2) is 0 Å². The van der Waals surface area contributed by atoms with Crippen LogP contribution in [-0.2, 0) is 18.7 Å². The van der Waals surface area contributed by atoms with Gasteiger partial charge in [-0.3, -0.25) is 14.2 Å². The van der Waals surface area contributed by atoms with E-state index < -0.39 is 24.4 Å². The summed E-state index contributed by atoms with van der Waals surface area (Å²) >= 11 is 0.997. The van der Waals surface area contributed by atoms with Gasteiger partial charge in [0.2, 0.25) is 11.8 Å². The van der Waals surface area contributed by atoms with Gasteiger partial charge < -0.3 is 21.3 Å². The van der Waals surface area contributed by atoms with Crippen molar-refractivity contribution in [3.05, 3.63) is 0 Å². The number of hydrogen-bond donors (Lipinski definition) is 3. The predicted octanol–water partition coefficient (Wildman–Crippen LogP) is 0.288. The first kappa shape index (κ1) is 18.4. The zero-order valence-electron chi connectivity index (χ0n) is 11.3. The molecule has 2 atom stereocenters. The number of amides is 2. The van der Waals surface area contributed by atoms with Crippen molar-refractivity contribution in [3.8, 4) is 0 Å². The lowest BCUT2D eigenvalue weighted by Gasteiger charge is -2.17. The first-order valence-corrected chi connectivity index (χ1v) is 9.51. The highest BCUT2D eigenvalue weighted by Crippen LogP contribution is 2.57. The smallest absolute Gasteiger partial charge is 0.266 e. The molecule has 0 aromatic rings. The van der Waals surface area contributed by atoms with Crippen molar-refractivity contribution in [1.29, 1.82) is 0 Å². The van der Waals surface area contributed by atoms with Gasteiger partial charge in [-0.1, -0.05) is 11.4 Å². The van der Waals surface area contributed by atoms with Crippen molar-refractivity contribution < 1.29 is 18.7 Å². The SMILES string of the molecule is COP(=O)(CC(=O)N[C@@H](CCCCN)C(N)=O)SC. The van der Waals surface area contributed by atoms with Crippen molar-refractivity contribution in [1.82, 2.24) is 5.32 Å². The number of nitrogens with one attached hydrogen (secondary N) is 1. The molecule has 19 heavy (non-hydrogen) atoms. The number of carbonyl (C=O) groups is 2. The van der Waals surface area contributed by atoms with Crippen molar-refractivity contribution in [3.63, 3.8) is 0 Å². The molecule has 0 fully saturated rings. The summed E-state index contributed by atoms with van der Waals surface area (Å²) in [6.07, 6.45) is 3.19. The molecule has 5 N–H and O–H groups in total. The molecule has 2 amide bonds. The van der Waals surface area contributed by atoms with Gasteiger partial charge in [-0.05, 0) is 32.1 Å². The normalized spacial score (nSPS) is 15.5. The maximum atomic E-state index is 11.9. The molecule has 0 rings (SSSR count). The van der Waals surface area contributed by atoms with E-state index in [0.29, 0.717) is 19.4 Å². The van der Waals surface area contributed by atoms with Crippen LogP contribution in [0.15, 0.2) is 0 Å². The van der Waals surface area contributed by atoms with Gasteiger partial charge >= 0.3 is 0 Å². The monoisotopic (exact) mass is 311 g/mol. The third-order valence-electron chi connectivity index (χ3n) is 2.52. The van der Waals surface area contributed by atoms with Crippen molar-refractivity contribution in [2.75, 3.05) is 26.1 Å². The van der Waals surface area contributed by atoms with Gasteiger partial charge in [0.1, 0.15) is 12.2 Å². The number of primary amides is 1. The quantitative estimate of drug-likeness (QED) is 0.393. The molecule has 112 valence electrons. The molecule has 7 nitrogen and oxygen atoms in total. The molecule has 0 aromatic carbocycles. The number of unbranched alkanes of at least 4 members (excludes halogenated alkanes) is 1. The number of rotatable bonds is 10. The third kappa shape index (κ3) is 7.57. The lowest BCUT2D eigenvalue weighted by molar-refractivity contribution is -0.126. The molecule has 0 radical (unpaired) electrons. The highest BCUT2D eigenvalue weighted by Gasteiger charge is 2.27. The Kier molecular flexibility index (Phi) is 9.08. The number of carbonyl (C=O) groups excluding carboxylic acids is 2. The Bertz CT molecular complexity index is 346. The van der Waals surface area contributed by atoms with Gasteiger partial charge in [0.05, 0.1) is 0 Å². The van der Waals surface area contributed by atoms with Crippen LogP contribution in [0.2, 0.25) is 0 Å². The van der Waals surface area contributed by atoms with Crippen LogP contribution in [-0.4, -0.2) is 43.9 Å². The van der Waals surface area contributed by atoms with Gasteiger partial charge in [0, 0.05) is 7.11 Å². The van der Waals surface area contributed by atoms with E-state index >= 15 is 0 Å². The molecular weight excluding hydrogens is 289 g/mol. The summed E-state index contributed by atoms with van der Waals surface area (Å²) in [4.78, 5) is 22.9. The van der Waals surface area contributed by atoms with Crippen molar-refractivity contribution in [2.45, 2.75) is 25.3 Å². The predicted molar refractivity (Wildman–Crippen MR) is 77.0 cm³/mol. The number of hydrogen-bond acceptors (Lipinski definition) is 6. The molecule has 0 aliphatic carbocycles. The van der Waals surface area contributed by atoms with Crippen LogP contribution in [0.3, 0.4) is 0 Å². The second kappa shape index (κ2) is 9.36. The Morgan fingerprint density at radius 2 is 2.05 bits per heavy atom. The maximum absolute atomic E-state index is 11.9. The Morgan fingerprint density at radius 1 is 1.42 bits per heavy atom. The molecule has 0 saturated heterocycles. The Hall–Kier alpha value is -0.560. The van der Waals surface area contributed by atoms with E-state index in [9.17, 15) is 14.2 Å². The summed E-state index contributed by atoms with van der Waals surface area (Å²) in [6.45, 7) is -2.50. The van der Waals surface area contributed by atoms with Crippen LogP contribution in [0, 0.1) is 0 Å². The molecule has 0 saturated carbocycles. The summed E-state index contributed by atoms with van der Waals surface area (Å²) < 4.78 is 16.7. The van der Waals surface area contributed by atoms with Crippen LogP contribution in [0.5, 0.6) is 0 Å². The van der Waals surface area contributed by atoms with Crippen LogP contribution in [0.25, 0.3) is 0 Å². The molecule has 0 aromatic heterocycles. The minimum absolute atomic E-state index is 0.272. The highest BCUT2D eigenvalue weighted by molar-refractivity contribution is 8.56. The Morgan fingerprint density at radius 3 is 2.47 bits per heavy atom. The van der Waals surface area contributed by atoms with E-state index in [1.165, 1.54) is 7.11 Å². The summed E-state index contributed by atoms with van der Waals surface area (Å²) in [7, 11) is 1.29.